The van der Waals surface area contributed by atoms with Gasteiger partial charge in [0.25, 0.3) is 0 Å². The van der Waals surface area contributed by atoms with Gasteiger partial charge in [-0.1, -0.05) is 24.3 Å². The second-order valence-corrected chi connectivity index (χ2v) is 15.4. The van der Waals surface area contributed by atoms with Gasteiger partial charge in [0.05, 0.1) is 42.7 Å². The van der Waals surface area contributed by atoms with E-state index in [0.29, 0.717) is 0 Å². The third-order valence-corrected chi connectivity index (χ3v) is 11.6. The number of fused-ring (bicyclic) bond motifs is 3. The molecule has 2 aromatic carbocycles. The Bertz CT molecular complexity index is 1920. The Morgan fingerprint density at radius 1 is 0.847 bits per heavy atom. The second kappa shape index (κ2) is 17.1. The minimum atomic E-state index is -2.22. The third kappa shape index (κ3) is 7.80. The van der Waals surface area contributed by atoms with E-state index in [1.807, 2.05) is 0 Å². The zero-order chi connectivity index (χ0) is 43.5. The van der Waals surface area contributed by atoms with E-state index >= 15 is 0 Å². The molecule has 0 saturated carbocycles. The summed E-state index contributed by atoms with van der Waals surface area (Å²) >= 11 is 0. The maximum Gasteiger partial charge on any atom is 0.224 e. The number of Topliss-reactive ketones (excluding diaryl/α,β-unsaturated/α-hetero) is 1. The van der Waals surface area contributed by atoms with E-state index in [2.05, 4.69) is 0 Å². The standard InChI is InChI=1S/C26H27NO9.C12H22O11/c1-10-21(29)15(27)7-17(35-10)36-16-9-26(34,11(2)28)8-14-18(16)25(33)20-19(24(14)32)22(30)12-5-3-4-6-13(12)23(20)31;13-1-4-6(16)8(18)9(19)11(21-4)23-12(3-15)10(20)7(17)5(2-14)22-12/h3-6,10,15-17,21,29,32-34H,7-9,27H2,1-2H3;4-11,13-20H,1-3H2/t10-,15-,16-,17-,21+,26-;4-,5-,6-,7-,8+,9-,10+,11-,12+/m01/s1. The molecule has 3 fully saturated rings. The first kappa shape index (κ1) is 44.9. The molecule has 0 spiro atoms. The first-order valence-corrected chi connectivity index (χ1v) is 18.8. The van der Waals surface area contributed by atoms with Gasteiger partial charge in [0.2, 0.25) is 5.79 Å². The topological polar surface area (TPSA) is 366 Å². The molecule has 3 aliphatic heterocycles. The van der Waals surface area contributed by atoms with Gasteiger partial charge in [0, 0.05) is 47.6 Å². The van der Waals surface area contributed by atoms with Gasteiger partial charge in [-0.05, 0) is 13.8 Å². The number of ketones is 3. The number of phenols is 2. The van der Waals surface area contributed by atoms with Crippen molar-refractivity contribution in [2.24, 2.45) is 5.73 Å². The molecule has 3 saturated heterocycles. The van der Waals surface area contributed by atoms with E-state index in [0.717, 1.165) is 0 Å². The van der Waals surface area contributed by atoms with Crippen molar-refractivity contribution in [1.82, 2.24) is 0 Å². The molecular formula is C38H49NO20. The lowest BCUT2D eigenvalue weighted by Crippen LogP contribution is -2.62. The van der Waals surface area contributed by atoms with Crippen LogP contribution in [-0.2, 0) is 34.9 Å². The van der Waals surface area contributed by atoms with Crippen LogP contribution < -0.4 is 5.73 Å². The summed E-state index contributed by atoms with van der Waals surface area (Å²) in [5.41, 5.74) is 3.38. The number of ether oxygens (including phenoxy) is 5. The quantitative estimate of drug-likeness (QED) is 0.0953. The lowest BCUT2D eigenvalue weighted by atomic mass is 9.72. The van der Waals surface area contributed by atoms with Crippen LogP contribution in [0.15, 0.2) is 24.3 Å². The number of hydrogen-bond acceptors (Lipinski definition) is 21. The van der Waals surface area contributed by atoms with Crippen LogP contribution in [0.5, 0.6) is 11.5 Å². The number of phenolic OH excluding ortho intramolecular Hbond substituents is 2. The summed E-state index contributed by atoms with van der Waals surface area (Å²) in [6.45, 7) is 0.479. The number of nitrogens with two attached hydrogens (primary N) is 1. The first-order chi connectivity index (χ1) is 27.7. The molecule has 59 heavy (non-hydrogen) atoms. The molecule has 21 heteroatoms. The Hall–Kier alpha value is -3.59. The summed E-state index contributed by atoms with van der Waals surface area (Å²) in [4.78, 5) is 39.0. The fourth-order valence-corrected chi connectivity index (χ4v) is 8.05. The van der Waals surface area contributed by atoms with Gasteiger partial charge >= 0.3 is 0 Å². The minimum absolute atomic E-state index is 0.00588. The maximum atomic E-state index is 13.3. The monoisotopic (exact) mass is 839 g/mol. The van der Waals surface area contributed by atoms with E-state index in [9.17, 15) is 65.4 Å². The largest absolute Gasteiger partial charge is 0.507 e. The number of aliphatic hydroxyl groups is 10. The van der Waals surface area contributed by atoms with E-state index in [1.54, 1.807) is 19.1 Å². The Morgan fingerprint density at radius 3 is 1.97 bits per heavy atom. The van der Waals surface area contributed by atoms with Crippen molar-refractivity contribution in [3.8, 4) is 11.5 Å². The summed E-state index contributed by atoms with van der Waals surface area (Å²) in [6.07, 6.45) is -17.0. The predicted octanol–water partition coefficient (Wildman–Crippen LogP) is -4.38. The number of benzene rings is 2. The van der Waals surface area contributed by atoms with Crippen molar-refractivity contribution in [3.05, 3.63) is 57.6 Å². The number of rotatable bonds is 8. The molecule has 2 aliphatic carbocycles. The van der Waals surface area contributed by atoms with Crippen LogP contribution in [0.4, 0.5) is 0 Å². The number of aromatic hydroxyl groups is 2. The molecule has 3 heterocycles. The van der Waals surface area contributed by atoms with Crippen molar-refractivity contribution in [3.63, 3.8) is 0 Å². The van der Waals surface area contributed by atoms with Gasteiger partial charge in [0.1, 0.15) is 66.4 Å². The highest BCUT2D eigenvalue weighted by Gasteiger charge is 2.58. The van der Waals surface area contributed by atoms with E-state index < -0.39 is 146 Å². The fourth-order valence-electron chi connectivity index (χ4n) is 8.05. The van der Waals surface area contributed by atoms with Gasteiger partial charge in [-0.15, -0.1) is 0 Å². The smallest absolute Gasteiger partial charge is 0.224 e. The van der Waals surface area contributed by atoms with Gasteiger partial charge in [-0.25, -0.2) is 0 Å². The van der Waals surface area contributed by atoms with Crippen LogP contribution in [-0.4, -0.2) is 183 Å². The Labute approximate surface area is 335 Å². The molecule has 0 amide bonds. The molecule has 326 valence electrons. The van der Waals surface area contributed by atoms with Gasteiger partial charge in [-0.3, -0.25) is 14.4 Å². The zero-order valence-electron chi connectivity index (χ0n) is 31.8. The molecule has 2 aromatic rings. The molecule has 14 N–H and O–H groups in total. The average molecular weight is 840 g/mol. The maximum absolute atomic E-state index is 13.3. The number of hydrogen-bond donors (Lipinski definition) is 13. The summed E-state index contributed by atoms with van der Waals surface area (Å²) in [6, 6.07) is 5.40. The molecule has 7 rings (SSSR count). The normalized spacial score (nSPS) is 39.1. The molecule has 0 aromatic heterocycles. The zero-order valence-corrected chi connectivity index (χ0v) is 31.8. The Kier molecular flexibility index (Phi) is 13.0. The van der Waals surface area contributed by atoms with Crippen LogP contribution >= 0.6 is 0 Å². The van der Waals surface area contributed by atoms with Crippen molar-refractivity contribution in [1.29, 1.82) is 0 Å². The molecule has 15 atom stereocenters. The average Bonchev–Trinajstić information content (AvgIpc) is 3.45. The van der Waals surface area contributed by atoms with Gasteiger partial charge in [-0.2, -0.15) is 0 Å². The predicted molar refractivity (Wildman–Crippen MR) is 192 cm³/mol. The lowest BCUT2D eigenvalue weighted by Gasteiger charge is -2.43. The van der Waals surface area contributed by atoms with Crippen molar-refractivity contribution < 1.29 is 99.3 Å². The van der Waals surface area contributed by atoms with Crippen LogP contribution in [0, 0.1) is 0 Å². The molecule has 0 unspecified atom stereocenters. The first-order valence-electron chi connectivity index (χ1n) is 18.8. The van der Waals surface area contributed by atoms with Gasteiger partial charge < -0.3 is 90.7 Å². The van der Waals surface area contributed by atoms with Crippen LogP contribution in [0.25, 0.3) is 0 Å². The Balaban J connectivity index is 0.000000220. The van der Waals surface area contributed by atoms with Gasteiger partial charge in [0.15, 0.2) is 29.9 Å². The molecule has 21 nitrogen and oxygen atoms in total. The third-order valence-electron chi connectivity index (χ3n) is 11.6. The second-order valence-electron chi connectivity index (χ2n) is 15.4. The van der Waals surface area contributed by atoms with Crippen molar-refractivity contribution >= 4 is 17.3 Å². The lowest BCUT2D eigenvalue weighted by molar-refractivity contribution is -0.383. The number of aliphatic hydroxyl groups excluding tert-OH is 9. The van der Waals surface area contributed by atoms with Crippen molar-refractivity contribution in [2.45, 2.75) is 124 Å². The van der Waals surface area contributed by atoms with E-state index in [1.165, 1.54) is 19.1 Å². The van der Waals surface area contributed by atoms with Crippen LogP contribution in [0.1, 0.15) is 75.8 Å². The molecule has 0 radical (unpaired) electrons. The highest BCUT2D eigenvalue weighted by molar-refractivity contribution is 6.30. The van der Waals surface area contributed by atoms with E-state index in [4.69, 9.17) is 39.6 Å². The minimum Gasteiger partial charge on any atom is -0.507 e. The SMILES string of the molecule is CC(=O)[C@]1(O)Cc2c(O)c3c(c(O)c2[C@@H](O[C@H]2C[C@H](N)[C@H](O)[C@H](C)O2)C1)C(=O)c1ccccc1C3=O.OC[C@H]1O[C@@](CO)(O[C@H]2O[C@H](CO)[C@@H](O)[C@H](O)[C@H]2O)[C@@H](O)[C@@H]1O. The number of carbonyl (C=O) groups is 3. The summed E-state index contributed by atoms with van der Waals surface area (Å²) in [5, 5.41) is 120. The van der Waals surface area contributed by atoms with Crippen LogP contribution in [0.3, 0.4) is 0 Å². The van der Waals surface area contributed by atoms with E-state index in [-0.39, 0.29) is 46.2 Å². The number of carbonyl (C=O) groups excluding carboxylic acids is 3. The Morgan fingerprint density at radius 2 is 1.44 bits per heavy atom. The highest BCUT2D eigenvalue weighted by Crippen LogP contribution is 2.52. The molecule has 5 aliphatic rings. The highest BCUT2D eigenvalue weighted by atomic mass is 16.8. The molecule has 0 bridgehead atoms. The summed E-state index contributed by atoms with van der Waals surface area (Å²) in [5.74, 6) is -5.28. The van der Waals surface area contributed by atoms with Crippen molar-refractivity contribution in [2.75, 3.05) is 19.8 Å². The summed E-state index contributed by atoms with van der Waals surface area (Å²) < 4.78 is 27.2. The molecular weight excluding hydrogens is 790 g/mol. The fraction of sp³-hybridized carbons (Fsp3) is 0.605. The van der Waals surface area contributed by atoms with Crippen LogP contribution in [0.2, 0.25) is 0 Å². The summed E-state index contributed by atoms with van der Waals surface area (Å²) in [7, 11) is 0.